The van der Waals surface area contributed by atoms with Crippen LogP contribution in [-0.2, 0) is 16.0 Å². The Morgan fingerprint density at radius 3 is 2.52 bits per heavy atom. The Balaban J connectivity index is 1.49. The van der Waals surface area contributed by atoms with E-state index in [9.17, 15) is 9.59 Å². The number of piperidine rings is 1. The van der Waals surface area contributed by atoms with Crippen LogP contribution in [-0.4, -0.2) is 52.4 Å². The smallest absolute Gasteiger partial charge is 0.265 e. The van der Waals surface area contributed by atoms with Crippen molar-refractivity contribution in [3.05, 3.63) is 75.7 Å². The second-order valence-electron chi connectivity index (χ2n) is 8.25. The molecule has 7 heteroatoms. The lowest BCUT2D eigenvalue weighted by Crippen LogP contribution is -2.48. The lowest BCUT2D eigenvalue weighted by molar-refractivity contribution is -0.181. The first-order valence-corrected chi connectivity index (χ1v) is 10.7. The molecule has 0 saturated carbocycles. The summed E-state index contributed by atoms with van der Waals surface area (Å²) < 4.78 is 13.1. The Morgan fingerprint density at radius 1 is 1.10 bits per heavy atom. The van der Waals surface area contributed by atoms with Crippen molar-refractivity contribution in [3.63, 3.8) is 0 Å². The number of rotatable bonds is 3. The number of nitrogens with zero attached hydrogens (tertiary/aromatic N) is 3. The molecule has 1 spiro atoms. The summed E-state index contributed by atoms with van der Waals surface area (Å²) in [5, 5.41) is 0.772. The van der Waals surface area contributed by atoms with Gasteiger partial charge in [0.1, 0.15) is 11.2 Å². The first-order chi connectivity index (χ1) is 15.0. The number of likely N-dealkylation sites (tertiary alicyclic amines) is 1. The molecule has 3 aromatic rings. The molecule has 0 atom stereocenters. The predicted octanol–water partition coefficient (Wildman–Crippen LogP) is 2.73. The van der Waals surface area contributed by atoms with Crippen molar-refractivity contribution in [1.82, 2.24) is 14.5 Å². The van der Waals surface area contributed by atoms with Gasteiger partial charge in [-0.1, -0.05) is 29.8 Å². The summed E-state index contributed by atoms with van der Waals surface area (Å²) in [6, 6.07) is 13.4. The highest BCUT2D eigenvalue weighted by molar-refractivity contribution is 5.97. The number of amides is 1. The van der Waals surface area contributed by atoms with Crippen molar-refractivity contribution in [2.45, 2.75) is 32.1 Å². The van der Waals surface area contributed by atoms with E-state index >= 15 is 0 Å². The third kappa shape index (κ3) is 3.75. The van der Waals surface area contributed by atoms with Gasteiger partial charge in [-0.3, -0.25) is 14.2 Å². The van der Waals surface area contributed by atoms with Gasteiger partial charge < -0.3 is 14.4 Å². The fourth-order valence-corrected chi connectivity index (χ4v) is 4.39. The number of benzene rings is 1. The summed E-state index contributed by atoms with van der Waals surface area (Å²) in [5.41, 5.74) is 2.58. The quantitative estimate of drug-likeness (QED) is 0.653. The number of pyridine rings is 2. The first kappa shape index (κ1) is 19.9. The van der Waals surface area contributed by atoms with E-state index in [1.807, 2.05) is 43.3 Å². The molecule has 2 aliphatic rings. The molecule has 160 valence electrons. The Morgan fingerprint density at radius 2 is 1.81 bits per heavy atom. The topological polar surface area (TPSA) is 73.7 Å². The second kappa shape index (κ2) is 7.90. The maximum Gasteiger partial charge on any atom is 0.265 e. The fraction of sp³-hybridized carbons (Fsp3) is 0.375. The molecule has 1 aromatic carbocycles. The SMILES string of the molecule is Cc1ccc(Cn2c(=O)c(C(=O)N3CCC4(CC3)OCCO4)cc3cccnc32)cc1. The molecule has 7 nitrogen and oxygen atoms in total. The molecule has 4 heterocycles. The van der Waals surface area contributed by atoms with Crippen molar-refractivity contribution in [1.29, 1.82) is 0 Å². The second-order valence-corrected chi connectivity index (χ2v) is 8.25. The summed E-state index contributed by atoms with van der Waals surface area (Å²) in [5.74, 6) is -0.809. The van der Waals surface area contributed by atoms with E-state index in [2.05, 4.69) is 4.98 Å². The molecular weight excluding hydrogens is 394 g/mol. The number of hydrogen-bond acceptors (Lipinski definition) is 5. The number of aryl methyl sites for hydroxylation is 1. The average molecular weight is 419 g/mol. The number of aromatic nitrogens is 2. The lowest BCUT2D eigenvalue weighted by Gasteiger charge is -2.37. The third-order valence-corrected chi connectivity index (χ3v) is 6.17. The zero-order valence-corrected chi connectivity index (χ0v) is 17.5. The summed E-state index contributed by atoms with van der Waals surface area (Å²) in [7, 11) is 0. The minimum absolute atomic E-state index is 0.178. The summed E-state index contributed by atoms with van der Waals surface area (Å²) in [6.07, 6.45) is 2.90. The summed E-state index contributed by atoms with van der Waals surface area (Å²) in [4.78, 5) is 32.9. The molecule has 0 radical (unpaired) electrons. The summed E-state index contributed by atoms with van der Waals surface area (Å²) in [6.45, 7) is 4.57. The number of ether oxygens (including phenoxy) is 2. The standard InChI is InChI=1S/C24H25N3O4/c1-17-4-6-18(7-5-17)16-27-21-19(3-2-10-25-21)15-20(23(27)29)22(28)26-11-8-24(9-12-26)30-13-14-31-24/h2-7,10,15H,8-9,11-14,16H2,1H3. The van der Waals surface area contributed by atoms with E-state index in [0.29, 0.717) is 51.3 Å². The highest BCUT2D eigenvalue weighted by Crippen LogP contribution is 2.31. The highest BCUT2D eigenvalue weighted by atomic mass is 16.7. The van der Waals surface area contributed by atoms with Crippen LogP contribution in [0.5, 0.6) is 0 Å². The first-order valence-electron chi connectivity index (χ1n) is 10.7. The minimum atomic E-state index is -0.560. The Labute approximate surface area is 180 Å². The maximum atomic E-state index is 13.4. The van der Waals surface area contributed by atoms with Crippen LogP contribution >= 0.6 is 0 Å². The monoisotopic (exact) mass is 419 g/mol. The molecule has 5 rings (SSSR count). The van der Waals surface area contributed by atoms with E-state index in [1.165, 1.54) is 0 Å². The molecule has 0 bridgehead atoms. The number of carbonyl (C=O) groups excluding carboxylic acids is 1. The van der Waals surface area contributed by atoms with Gasteiger partial charge in [0.2, 0.25) is 0 Å². The molecule has 2 aliphatic heterocycles. The Bertz CT molecular complexity index is 1170. The van der Waals surface area contributed by atoms with Crippen LogP contribution in [0.3, 0.4) is 0 Å². The molecule has 1 amide bonds. The third-order valence-electron chi connectivity index (χ3n) is 6.17. The van der Waals surface area contributed by atoms with Gasteiger partial charge in [0.25, 0.3) is 11.5 Å². The number of carbonyl (C=O) groups is 1. The van der Waals surface area contributed by atoms with Gasteiger partial charge in [0.05, 0.1) is 19.8 Å². The van der Waals surface area contributed by atoms with Gasteiger partial charge >= 0.3 is 0 Å². The van der Waals surface area contributed by atoms with Crippen LogP contribution in [0, 0.1) is 6.92 Å². The largest absolute Gasteiger partial charge is 0.347 e. The Kier molecular flexibility index (Phi) is 5.08. The molecule has 0 unspecified atom stereocenters. The van der Waals surface area contributed by atoms with E-state index in [1.54, 1.807) is 21.7 Å². The van der Waals surface area contributed by atoms with Crippen LogP contribution in [0.15, 0.2) is 53.5 Å². The van der Waals surface area contributed by atoms with Crippen molar-refractivity contribution < 1.29 is 14.3 Å². The molecule has 0 N–H and O–H groups in total. The molecule has 0 aliphatic carbocycles. The molecule has 31 heavy (non-hydrogen) atoms. The molecule has 2 fully saturated rings. The zero-order chi connectivity index (χ0) is 21.4. The summed E-state index contributed by atoms with van der Waals surface area (Å²) >= 11 is 0. The molecular formula is C24H25N3O4. The molecule has 2 aromatic heterocycles. The van der Waals surface area contributed by atoms with E-state index in [0.717, 1.165) is 16.5 Å². The van der Waals surface area contributed by atoms with E-state index in [4.69, 9.17) is 9.47 Å². The Hall–Kier alpha value is -3.03. The van der Waals surface area contributed by atoms with E-state index < -0.39 is 5.79 Å². The minimum Gasteiger partial charge on any atom is -0.347 e. The van der Waals surface area contributed by atoms with Gasteiger partial charge in [-0.05, 0) is 30.7 Å². The number of hydrogen-bond donors (Lipinski definition) is 0. The maximum absolute atomic E-state index is 13.4. The van der Waals surface area contributed by atoms with Crippen molar-refractivity contribution in [2.75, 3.05) is 26.3 Å². The van der Waals surface area contributed by atoms with Gasteiger partial charge in [0, 0.05) is 37.5 Å². The van der Waals surface area contributed by atoms with Crippen molar-refractivity contribution in [2.24, 2.45) is 0 Å². The van der Waals surface area contributed by atoms with Crippen molar-refractivity contribution >= 4 is 16.9 Å². The van der Waals surface area contributed by atoms with Crippen LogP contribution in [0.25, 0.3) is 11.0 Å². The van der Waals surface area contributed by atoms with Crippen LogP contribution in [0.1, 0.15) is 34.3 Å². The zero-order valence-electron chi connectivity index (χ0n) is 17.5. The van der Waals surface area contributed by atoms with Crippen LogP contribution in [0.2, 0.25) is 0 Å². The number of fused-ring (bicyclic) bond motifs is 1. The fourth-order valence-electron chi connectivity index (χ4n) is 4.39. The van der Waals surface area contributed by atoms with Crippen LogP contribution < -0.4 is 5.56 Å². The van der Waals surface area contributed by atoms with E-state index in [-0.39, 0.29) is 17.0 Å². The predicted molar refractivity (Wildman–Crippen MR) is 116 cm³/mol. The van der Waals surface area contributed by atoms with Gasteiger partial charge in [-0.15, -0.1) is 0 Å². The van der Waals surface area contributed by atoms with Gasteiger partial charge in [-0.2, -0.15) is 0 Å². The lowest BCUT2D eigenvalue weighted by atomic mass is 10.0. The van der Waals surface area contributed by atoms with Gasteiger partial charge in [0.15, 0.2) is 5.79 Å². The molecule has 2 saturated heterocycles. The average Bonchev–Trinajstić information content (AvgIpc) is 3.25. The van der Waals surface area contributed by atoms with Crippen LogP contribution in [0.4, 0.5) is 0 Å². The van der Waals surface area contributed by atoms with Gasteiger partial charge in [-0.25, -0.2) is 4.98 Å². The van der Waals surface area contributed by atoms with Crippen molar-refractivity contribution in [3.8, 4) is 0 Å². The highest BCUT2D eigenvalue weighted by Gasteiger charge is 2.41. The normalized spacial score (nSPS) is 18.0.